The molecule has 2 aromatic carbocycles. The van der Waals surface area contributed by atoms with Crippen LogP contribution in [0.2, 0.25) is 0 Å². The van der Waals surface area contributed by atoms with Crippen molar-refractivity contribution >= 4 is 11.4 Å². The molecule has 0 saturated heterocycles. The van der Waals surface area contributed by atoms with E-state index in [9.17, 15) is 0 Å². The Kier molecular flexibility index (Phi) is 4.49. The second kappa shape index (κ2) is 6.53. The molecule has 0 saturated carbocycles. The highest BCUT2D eigenvalue weighted by atomic mass is 15.2. The Bertz CT molecular complexity index is 586. The zero-order valence-corrected chi connectivity index (χ0v) is 13.9. The van der Waals surface area contributed by atoms with Crippen molar-refractivity contribution < 1.29 is 0 Å². The van der Waals surface area contributed by atoms with Crippen molar-refractivity contribution in [2.75, 3.05) is 32.1 Å². The largest absolute Gasteiger partial charge is 0.341 e. The first-order chi connectivity index (χ1) is 10.6. The summed E-state index contributed by atoms with van der Waals surface area (Å²) in [5.41, 5.74) is 5.71. The zero-order valence-electron chi connectivity index (χ0n) is 13.9. The summed E-state index contributed by atoms with van der Waals surface area (Å²) in [5, 5.41) is 0. The minimum Gasteiger partial charge on any atom is -0.341 e. The lowest BCUT2D eigenvalue weighted by Gasteiger charge is -2.30. The fourth-order valence-corrected chi connectivity index (χ4v) is 3.56. The average molecular weight is 294 g/mol. The number of para-hydroxylation sites is 2. The van der Waals surface area contributed by atoms with E-state index in [-0.39, 0.29) is 0 Å². The summed E-state index contributed by atoms with van der Waals surface area (Å²) in [7, 11) is 4.31. The average Bonchev–Trinajstić information content (AvgIpc) is 2.65. The van der Waals surface area contributed by atoms with Crippen LogP contribution in [0, 0.1) is 5.92 Å². The topological polar surface area (TPSA) is 6.48 Å². The molecule has 116 valence electrons. The first-order valence-electron chi connectivity index (χ1n) is 8.23. The van der Waals surface area contributed by atoms with E-state index < -0.39 is 0 Å². The Balaban J connectivity index is 1.99. The summed E-state index contributed by atoms with van der Waals surface area (Å²) < 4.78 is 0. The molecule has 0 amide bonds. The molecule has 2 nitrogen and oxygen atoms in total. The van der Waals surface area contributed by atoms with E-state index in [0.29, 0.717) is 5.92 Å². The summed E-state index contributed by atoms with van der Waals surface area (Å²) in [5.74, 6) is 0.620. The van der Waals surface area contributed by atoms with Crippen LogP contribution in [0.5, 0.6) is 0 Å². The summed E-state index contributed by atoms with van der Waals surface area (Å²) in [6.45, 7) is 4.52. The zero-order chi connectivity index (χ0) is 15.5. The predicted octanol–water partition coefficient (Wildman–Crippen LogP) is 4.12. The molecule has 3 rings (SSSR count). The van der Waals surface area contributed by atoms with Crippen LogP contribution in [0.4, 0.5) is 11.4 Å². The minimum absolute atomic E-state index is 0.620. The first-order valence-corrected chi connectivity index (χ1v) is 8.23. The van der Waals surface area contributed by atoms with E-state index in [1.165, 1.54) is 22.5 Å². The number of fused-ring (bicyclic) bond motifs is 2. The smallest absolute Gasteiger partial charge is 0.0443 e. The molecule has 1 aliphatic rings. The lowest BCUT2D eigenvalue weighted by molar-refractivity contribution is 0.343. The van der Waals surface area contributed by atoms with Gasteiger partial charge in [0.25, 0.3) is 0 Å². The molecular formula is C20H26N2. The SMILES string of the molecule is C[C@H](CN(C)C)CN1c2ccccc2CCc2ccccc21. The quantitative estimate of drug-likeness (QED) is 0.837. The Morgan fingerprint density at radius 2 is 1.41 bits per heavy atom. The molecule has 2 heteroatoms. The molecule has 0 fully saturated rings. The van der Waals surface area contributed by atoms with Gasteiger partial charge in [-0.3, -0.25) is 0 Å². The number of rotatable bonds is 4. The maximum Gasteiger partial charge on any atom is 0.0443 e. The van der Waals surface area contributed by atoms with Gasteiger partial charge in [0.2, 0.25) is 0 Å². The third-order valence-corrected chi connectivity index (χ3v) is 4.40. The highest BCUT2D eigenvalue weighted by Crippen LogP contribution is 2.36. The van der Waals surface area contributed by atoms with Gasteiger partial charge in [0.1, 0.15) is 0 Å². The number of anilines is 2. The molecule has 0 radical (unpaired) electrons. The molecule has 0 aromatic heterocycles. The second-order valence-electron chi connectivity index (χ2n) is 6.74. The van der Waals surface area contributed by atoms with Gasteiger partial charge in [0.05, 0.1) is 0 Å². The van der Waals surface area contributed by atoms with E-state index >= 15 is 0 Å². The number of hydrogen-bond donors (Lipinski definition) is 0. The number of hydrogen-bond acceptors (Lipinski definition) is 2. The van der Waals surface area contributed by atoms with E-state index in [4.69, 9.17) is 0 Å². The van der Waals surface area contributed by atoms with Gasteiger partial charge in [-0.05, 0) is 56.1 Å². The molecule has 0 N–H and O–H groups in total. The Hall–Kier alpha value is -1.80. The fourth-order valence-electron chi connectivity index (χ4n) is 3.56. The van der Waals surface area contributed by atoms with E-state index in [2.05, 4.69) is 79.3 Å². The van der Waals surface area contributed by atoms with Gasteiger partial charge >= 0.3 is 0 Å². The van der Waals surface area contributed by atoms with Crippen LogP contribution < -0.4 is 4.90 Å². The predicted molar refractivity (Wildman–Crippen MR) is 95.0 cm³/mol. The lowest BCUT2D eigenvalue weighted by atomic mass is 10.0. The van der Waals surface area contributed by atoms with Crippen molar-refractivity contribution in [3.05, 3.63) is 59.7 Å². The Morgan fingerprint density at radius 1 is 0.909 bits per heavy atom. The van der Waals surface area contributed by atoms with Crippen LogP contribution in [0.25, 0.3) is 0 Å². The summed E-state index contributed by atoms with van der Waals surface area (Å²) in [4.78, 5) is 4.81. The highest BCUT2D eigenvalue weighted by Gasteiger charge is 2.21. The van der Waals surface area contributed by atoms with E-state index in [0.717, 1.165) is 25.9 Å². The standard InChI is InChI=1S/C20H26N2/c1-16(14-21(2)3)15-22-19-10-6-4-8-17(19)12-13-18-9-5-7-11-20(18)22/h4-11,16H,12-15H2,1-3H3/t16-/m1/s1. The normalized spacial score (nSPS) is 15.2. The molecular weight excluding hydrogens is 268 g/mol. The van der Waals surface area contributed by atoms with Crippen LogP contribution in [0.15, 0.2) is 48.5 Å². The number of aryl methyl sites for hydroxylation is 2. The van der Waals surface area contributed by atoms with E-state index in [1.807, 2.05) is 0 Å². The molecule has 22 heavy (non-hydrogen) atoms. The second-order valence-corrected chi connectivity index (χ2v) is 6.74. The summed E-state index contributed by atoms with van der Waals surface area (Å²) in [6, 6.07) is 17.8. The third-order valence-electron chi connectivity index (χ3n) is 4.40. The minimum atomic E-state index is 0.620. The summed E-state index contributed by atoms with van der Waals surface area (Å²) in [6.07, 6.45) is 2.26. The van der Waals surface area contributed by atoms with Crippen molar-refractivity contribution in [3.63, 3.8) is 0 Å². The first kappa shape index (κ1) is 15.1. The van der Waals surface area contributed by atoms with Crippen LogP contribution in [-0.4, -0.2) is 32.1 Å². The monoisotopic (exact) mass is 294 g/mol. The van der Waals surface area contributed by atoms with Crippen molar-refractivity contribution in [1.29, 1.82) is 0 Å². The van der Waals surface area contributed by atoms with Gasteiger partial charge in [-0.2, -0.15) is 0 Å². The molecule has 2 aromatic rings. The highest BCUT2D eigenvalue weighted by molar-refractivity contribution is 5.71. The van der Waals surface area contributed by atoms with Crippen molar-refractivity contribution in [2.24, 2.45) is 5.92 Å². The molecule has 1 heterocycles. The van der Waals surface area contributed by atoms with Gasteiger partial charge < -0.3 is 9.80 Å². The number of benzene rings is 2. The Labute approximate surface area is 134 Å². The lowest BCUT2D eigenvalue weighted by Crippen LogP contribution is -2.30. The van der Waals surface area contributed by atoms with Gasteiger partial charge in [-0.15, -0.1) is 0 Å². The van der Waals surface area contributed by atoms with Crippen molar-refractivity contribution in [3.8, 4) is 0 Å². The van der Waals surface area contributed by atoms with Crippen LogP contribution in [0.1, 0.15) is 18.1 Å². The van der Waals surface area contributed by atoms with Crippen LogP contribution >= 0.6 is 0 Å². The van der Waals surface area contributed by atoms with E-state index in [1.54, 1.807) is 0 Å². The number of nitrogens with zero attached hydrogens (tertiary/aromatic N) is 2. The van der Waals surface area contributed by atoms with Gasteiger partial charge in [-0.1, -0.05) is 43.3 Å². The Morgan fingerprint density at radius 3 is 1.91 bits per heavy atom. The van der Waals surface area contributed by atoms with Crippen molar-refractivity contribution in [1.82, 2.24) is 4.90 Å². The maximum atomic E-state index is 2.53. The summed E-state index contributed by atoms with van der Waals surface area (Å²) >= 11 is 0. The van der Waals surface area contributed by atoms with Gasteiger partial charge in [0, 0.05) is 24.5 Å². The molecule has 0 aliphatic carbocycles. The van der Waals surface area contributed by atoms with Crippen LogP contribution in [0.3, 0.4) is 0 Å². The van der Waals surface area contributed by atoms with Gasteiger partial charge in [0.15, 0.2) is 0 Å². The molecule has 0 bridgehead atoms. The maximum absolute atomic E-state index is 2.53. The fraction of sp³-hybridized carbons (Fsp3) is 0.400. The molecule has 1 aliphatic heterocycles. The van der Waals surface area contributed by atoms with Crippen molar-refractivity contribution in [2.45, 2.75) is 19.8 Å². The van der Waals surface area contributed by atoms with Gasteiger partial charge in [-0.25, -0.2) is 0 Å². The molecule has 0 spiro atoms. The molecule has 0 unspecified atom stereocenters. The van der Waals surface area contributed by atoms with Crippen LogP contribution in [-0.2, 0) is 12.8 Å². The third kappa shape index (κ3) is 3.17. The molecule has 1 atom stereocenters.